The van der Waals surface area contributed by atoms with E-state index in [1.807, 2.05) is 13.8 Å². The van der Waals surface area contributed by atoms with Crippen molar-refractivity contribution in [3.8, 4) is 0 Å². The summed E-state index contributed by atoms with van der Waals surface area (Å²) in [5.41, 5.74) is 1.33. The van der Waals surface area contributed by atoms with Gasteiger partial charge in [0.05, 0.1) is 0 Å². The van der Waals surface area contributed by atoms with Crippen LogP contribution in [-0.4, -0.2) is 48.3 Å². The molecule has 0 aliphatic heterocycles. The van der Waals surface area contributed by atoms with Gasteiger partial charge in [0.15, 0.2) is 6.10 Å². The molecule has 2 saturated carbocycles. The van der Waals surface area contributed by atoms with Crippen LogP contribution in [0.4, 0.5) is 0 Å². The number of hydrogen-bond donors (Lipinski definition) is 0. The zero-order chi connectivity index (χ0) is 27.2. The third kappa shape index (κ3) is 5.09. The first kappa shape index (κ1) is 27.9. The lowest BCUT2D eigenvalue weighted by molar-refractivity contribution is -0.187. The van der Waals surface area contributed by atoms with Crippen molar-refractivity contribution in [3.63, 3.8) is 0 Å². The Labute approximate surface area is 213 Å². The maximum Gasteiger partial charge on any atom is 0.303 e. The maximum absolute atomic E-state index is 12.4. The molecule has 0 heterocycles. The van der Waals surface area contributed by atoms with E-state index >= 15 is 0 Å². The van der Waals surface area contributed by atoms with E-state index < -0.39 is 53.2 Å². The Bertz CT molecular complexity index is 992. The number of hydrogen-bond acceptors (Lipinski definition) is 8. The number of carbonyl (C=O) groups is 4. The van der Waals surface area contributed by atoms with Crippen LogP contribution in [0.1, 0.15) is 81.1 Å². The van der Waals surface area contributed by atoms with Crippen molar-refractivity contribution in [2.45, 2.75) is 105 Å². The van der Waals surface area contributed by atoms with Crippen LogP contribution in [0.5, 0.6) is 0 Å². The Morgan fingerprint density at radius 3 is 1.86 bits per heavy atom. The van der Waals surface area contributed by atoms with Gasteiger partial charge in [-0.2, -0.15) is 0 Å². The third-order valence-corrected chi connectivity index (χ3v) is 8.66. The van der Waals surface area contributed by atoms with Crippen molar-refractivity contribution in [3.05, 3.63) is 23.3 Å². The maximum atomic E-state index is 12.4. The number of esters is 4. The van der Waals surface area contributed by atoms with Gasteiger partial charge in [-0.25, -0.2) is 0 Å². The fourth-order valence-electron chi connectivity index (χ4n) is 6.95. The molecule has 36 heavy (non-hydrogen) atoms. The van der Waals surface area contributed by atoms with Crippen LogP contribution in [0, 0.1) is 22.7 Å². The van der Waals surface area contributed by atoms with Gasteiger partial charge >= 0.3 is 23.9 Å². The molecule has 0 saturated heterocycles. The lowest BCUT2D eigenvalue weighted by Crippen LogP contribution is -2.59. The highest BCUT2D eigenvalue weighted by Crippen LogP contribution is 2.60. The monoisotopic (exact) mass is 504 g/mol. The van der Waals surface area contributed by atoms with Gasteiger partial charge in [-0.15, -0.1) is 0 Å². The van der Waals surface area contributed by atoms with E-state index in [2.05, 4.69) is 20.4 Å². The molecule has 0 unspecified atom stereocenters. The second-order valence-electron chi connectivity index (χ2n) is 11.4. The lowest BCUT2D eigenvalue weighted by Gasteiger charge is -2.58. The molecule has 0 aromatic rings. The first-order chi connectivity index (χ1) is 16.6. The molecule has 0 N–H and O–H groups in total. The van der Waals surface area contributed by atoms with Crippen molar-refractivity contribution >= 4 is 23.9 Å². The summed E-state index contributed by atoms with van der Waals surface area (Å²) in [7, 11) is 0. The van der Waals surface area contributed by atoms with Crippen LogP contribution < -0.4 is 0 Å². The van der Waals surface area contributed by atoms with Crippen LogP contribution >= 0.6 is 0 Å². The fourth-order valence-corrected chi connectivity index (χ4v) is 6.95. The largest absolute Gasteiger partial charge is 0.458 e. The van der Waals surface area contributed by atoms with Gasteiger partial charge in [0, 0.05) is 33.1 Å². The van der Waals surface area contributed by atoms with Crippen molar-refractivity contribution in [2.24, 2.45) is 22.7 Å². The molecule has 0 aromatic heterocycles. The van der Waals surface area contributed by atoms with Gasteiger partial charge in [0.2, 0.25) is 0 Å². The summed E-state index contributed by atoms with van der Waals surface area (Å²) in [4.78, 5) is 48.7. The van der Waals surface area contributed by atoms with E-state index in [-0.39, 0.29) is 17.8 Å². The van der Waals surface area contributed by atoms with E-state index in [1.54, 1.807) is 0 Å². The smallest absolute Gasteiger partial charge is 0.303 e. The number of fused-ring (bicyclic) bond motifs is 3. The molecule has 8 heteroatoms. The molecule has 0 radical (unpaired) electrons. The van der Waals surface area contributed by atoms with Crippen LogP contribution in [-0.2, 0) is 38.1 Å². The van der Waals surface area contributed by atoms with Gasteiger partial charge in [-0.3, -0.25) is 19.2 Å². The zero-order valence-corrected chi connectivity index (χ0v) is 22.8. The summed E-state index contributed by atoms with van der Waals surface area (Å²) in [6.07, 6.45) is -0.234. The van der Waals surface area contributed by atoms with Gasteiger partial charge in [0.1, 0.15) is 18.3 Å². The van der Waals surface area contributed by atoms with Crippen molar-refractivity contribution in [1.29, 1.82) is 0 Å². The molecular weight excluding hydrogens is 464 g/mol. The Morgan fingerprint density at radius 2 is 1.33 bits per heavy atom. The van der Waals surface area contributed by atoms with E-state index in [4.69, 9.17) is 18.9 Å². The Kier molecular flexibility index (Phi) is 7.78. The van der Waals surface area contributed by atoms with E-state index in [0.29, 0.717) is 25.7 Å². The Balaban J connectivity index is 2.27. The Morgan fingerprint density at radius 1 is 0.806 bits per heavy atom. The molecule has 200 valence electrons. The minimum absolute atomic E-state index is 0.0361. The average molecular weight is 505 g/mol. The summed E-state index contributed by atoms with van der Waals surface area (Å²) < 4.78 is 23.4. The number of rotatable bonds is 4. The second-order valence-corrected chi connectivity index (χ2v) is 11.4. The summed E-state index contributed by atoms with van der Waals surface area (Å²) in [6.45, 7) is 17.9. The molecule has 2 bridgehead atoms. The standard InChI is InChI=1S/C28H40O8/c1-14-21-12-20-13-23(34-17(4)30)15(2)24(27(20,7)8)25(35-18(5)31)26(36-19(6)32)28(21,9)11-10-22(14)33-16(3)29/h20-23,25-26H,1,10-13H2,2-9H3/t20-,21+,22+,23+,25-,26+,28-/m1/s1. The van der Waals surface area contributed by atoms with Crippen LogP contribution in [0.3, 0.4) is 0 Å². The third-order valence-electron chi connectivity index (χ3n) is 8.66. The SMILES string of the molecule is C=C1[C@@H](OC(C)=O)CC[C@]2(C)[C@H]1C[C@@H]1C[C@H](OC(C)=O)C(C)=C([C@@H](OC(C)=O)[C@@H]2OC(C)=O)C1(C)C. The average Bonchev–Trinajstić information content (AvgIpc) is 2.72. The van der Waals surface area contributed by atoms with Crippen molar-refractivity contribution in [1.82, 2.24) is 0 Å². The lowest BCUT2D eigenvalue weighted by atomic mass is 9.50. The molecule has 8 nitrogen and oxygen atoms in total. The summed E-state index contributed by atoms with van der Waals surface area (Å²) in [5, 5.41) is 0. The van der Waals surface area contributed by atoms with Crippen molar-refractivity contribution < 1.29 is 38.1 Å². The van der Waals surface area contributed by atoms with Gasteiger partial charge in [0.25, 0.3) is 0 Å². The fraction of sp³-hybridized carbons (Fsp3) is 0.714. The zero-order valence-electron chi connectivity index (χ0n) is 22.8. The molecule has 3 aliphatic rings. The molecule has 0 aromatic carbocycles. The molecule has 0 spiro atoms. The molecular formula is C28H40O8. The second kappa shape index (κ2) is 10.0. The Hall–Kier alpha value is -2.64. The van der Waals surface area contributed by atoms with Crippen LogP contribution in [0.2, 0.25) is 0 Å². The minimum Gasteiger partial charge on any atom is -0.458 e. The minimum atomic E-state index is -0.867. The molecule has 7 atom stereocenters. The van der Waals surface area contributed by atoms with Gasteiger partial charge in [-0.05, 0) is 66.6 Å². The van der Waals surface area contributed by atoms with E-state index in [1.165, 1.54) is 27.7 Å². The molecule has 3 aliphatic carbocycles. The van der Waals surface area contributed by atoms with E-state index in [0.717, 1.165) is 16.7 Å². The predicted molar refractivity (Wildman–Crippen MR) is 131 cm³/mol. The highest BCUT2D eigenvalue weighted by molar-refractivity contribution is 5.69. The molecule has 2 fully saturated rings. The molecule has 3 rings (SSSR count). The van der Waals surface area contributed by atoms with Crippen LogP contribution in [0.15, 0.2) is 23.3 Å². The number of carbonyl (C=O) groups excluding carboxylic acids is 4. The summed E-state index contributed by atoms with van der Waals surface area (Å²) in [6, 6.07) is 0. The number of ether oxygens (including phenoxy) is 4. The summed E-state index contributed by atoms with van der Waals surface area (Å²) in [5.74, 6) is -1.90. The quantitative estimate of drug-likeness (QED) is 0.314. The highest BCUT2D eigenvalue weighted by Gasteiger charge is 2.60. The van der Waals surface area contributed by atoms with Crippen LogP contribution in [0.25, 0.3) is 0 Å². The summed E-state index contributed by atoms with van der Waals surface area (Å²) >= 11 is 0. The van der Waals surface area contributed by atoms with Gasteiger partial charge < -0.3 is 18.9 Å². The highest BCUT2D eigenvalue weighted by atomic mass is 16.6. The van der Waals surface area contributed by atoms with Gasteiger partial charge in [-0.1, -0.05) is 27.4 Å². The first-order valence-corrected chi connectivity index (χ1v) is 12.7. The van der Waals surface area contributed by atoms with Crippen molar-refractivity contribution in [2.75, 3.05) is 0 Å². The van der Waals surface area contributed by atoms with E-state index in [9.17, 15) is 19.2 Å². The molecule has 0 amide bonds. The predicted octanol–water partition coefficient (Wildman–Crippen LogP) is 4.45. The topological polar surface area (TPSA) is 105 Å². The first-order valence-electron chi connectivity index (χ1n) is 12.7. The normalized spacial score (nSPS) is 35.5.